The zero-order valence-electron chi connectivity index (χ0n) is 14.7. The van der Waals surface area contributed by atoms with Crippen molar-refractivity contribution in [3.05, 3.63) is 23.2 Å². The van der Waals surface area contributed by atoms with Crippen LogP contribution in [-0.4, -0.2) is 43.2 Å². The first-order valence-electron chi connectivity index (χ1n) is 9.35. The molecule has 6 nitrogen and oxygen atoms in total. The van der Waals surface area contributed by atoms with E-state index in [9.17, 15) is 4.79 Å². The topological polar surface area (TPSA) is 67.6 Å². The Morgan fingerprint density at radius 3 is 2.77 bits per heavy atom. The second-order valence-electron chi connectivity index (χ2n) is 7.20. The quantitative estimate of drug-likeness (QED) is 0.884. The van der Waals surface area contributed by atoms with E-state index < -0.39 is 0 Å². The Hall–Kier alpha value is -1.79. The third kappa shape index (κ3) is 4.13. The molecule has 0 bridgehead atoms. The summed E-state index contributed by atoms with van der Waals surface area (Å²) in [4.78, 5) is 19.0. The Bertz CT molecular complexity index is 764. The summed E-state index contributed by atoms with van der Waals surface area (Å²) >= 11 is 6.00. The Labute approximate surface area is 157 Å². The average Bonchev–Trinajstić information content (AvgIpc) is 3.06. The van der Waals surface area contributed by atoms with E-state index in [0.29, 0.717) is 29.0 Å². The largest absolute Gasteiger partial charge is 0.423 e. The molecule has 4 rings (SSSR count). The number of oxazole rings is 1. The van der Waals surface area contributed by atoms with Crippen molar-refractivity contribution < 1.29 is 13.9 Å². The second-order valence-corrected chi connectivity index (χ2v) is 7.63. The first-order valence-corrected chi connectivity index (χ1v) is 9.73. The lowest BCUT2D eigenvalue weighted by Gasteiger charge is -2.31. The fraction of sp³-hybridized carbons (Fsp3) is 0.579. The fourth-order valence-corrected chi connectivity index (χ4v) is 3.90. The predicted octanol–water partition coefficient (Wildman–Crippen LogP) is 3.38. The number of fused-ring (bicyclic) bond motifs is 1. The minimum absolute atomic E-state index is 0.173. The van der Waals surface area contributed by atoms with Gasteiger partial charge < -0.3 is 19.4 Å². The molecule has 0 atom stereocenters. The molecule has 1 amide bonds. The molecule has 2 aromatic rings. The van der Waals surface area contributed by atoms with E-state index in [4.69, 9.17) is 20.8 Å². The highest BCUT2D eigenvalue weighted by molar-refractivity contribution is 6.31. The number of piperidine rings is 1. The summed E-state index contributed by atoms with van der Waals surface area (Å²) in [5, 5.41) is 3.80. The van der Waals surface area contributed by atoms with Crippen molar-refractivity contribution in [3.8, 4) is 0 Å². The Kier molecular flexibility index (Phi) is 5.31. The number of amides is 1. The smallest absolute Gasteiger partial charge is 0.298 e. The molecule has 2 saturated heterocycles. The maximum atomic E-state index is 12.3. The van der Waals surface area contributed by atoms with Crippen LogP contribution in [0.3, 0.4) is 0 Å². The molecule has 2 fully saturated rings. The molecule has 7 heteroatoms. The molecular weight excluding hydrogens is 354 g/mol. The lowest BCUT2D eigenvalue weighted by molar-refractivity contribution is -0.123. The van der Waals surface area contributed by atoms with Crippen LogP contribution in [0.5, 0.6) is 0 Å². The summed E-state index contributed by atoms with van der Waals surface area (Å²) in [5.74, 6) is 0.594. The molecule has 3 heterocycles. The number of benzene rings is 1. The van der Waals surface area contributed by atoms with Crippen LogP contribution in [0.25, 0.3) is 11.1 Å². The van der Waals surface area contributed by atoms with Gasteiger partial charge in [0.15, 0.2) is 5.58 Å². The van der Waals surface area contributed by atoms with Gasteiger partial charge in [0, 0.05) is 49.9 Å². The van der Waals surface area contributed by atoms with Gasteiger partial charge in [-0.15, -0.1) is 0 Å². The summed E-state index contributed by atoms with van der Waals surface area (Å²) in [6, 6.07) is 6.41. The SMILES string of the molecule is O=C(CC1CCN(c2nc3ccc(Cl)cc3o2)CC1)NC1CCOCC1. The van der Waals surface area contributed by atoms with Gasteiger partial charge in [-0.2, -0.15) is 4.98 Å². The molecule has 26 heavy (non-hydrogen) atoms. The Balaban J connectivity index is 1.28. The number of carbonyl (C=O) groups excluding carboxylic acids is 1. The van der Waals surface area contributed by atoms with Crippen molar-refractivity contribution in [2.45, 2.75) is 38.1 Å². The van der Waals surface area contributed by atoms with Gasteiger partial charge in [0.1, 0.15) is 5.52 Å². The highest BCUT2D eigenvalue weighted by Crippen LogP contribution is 2.28. The maximum Gasteiger partial charge on any atom is 0.298 e. The number of ether oxygens (including phenoxy) is 1. The van der Waals surface area contributed by atoms with E-state index in [-0.39, 0.29) is 11.9 Å². The van der Waals surface area contributed by atoms with Crippen molar-refractivity contribution in [3.63, 3.8) is 0 Å². The van der Waals surface area contributed by atoms with Crippen molar-refractivity contribution in [1.82, 2.24) is 10.3 Å². The highest BCUT2D eigenvalue weighted by Gasteiger charge is 2.25. The minimum atomic E-state index is 0.173. The molecule has 1 aromatic carbocycles. The number of anilines is 1. The van der Waals surface area contributed by atoms with Gasteiger partial charge in [-0.05, 0) is 43.7 Å². The standard InChI is InChI=1S/C19H24ClN3O3/c20-14-1-2-16-17(12-14)26-19(22-16)23-7-3-13(4-8-23)11-18(24)21-15-5-9-25-10-6-15/h1-2,12-13,15H,3-11H2,(H,21,24). The third-order valence-corrected chi connectivity index (χ3v) is 5.52. The number of halogens is 1. The van der Waals surface area contributed by atoms with E-state index in [2.05, 4.69) is 15.2 Å². The van der Waals surface area contributed by atoms with Crippen molar-refractivity contribution in [1.29, 1.82) is 0 Å². The van der Waals surface area contributed by atoms with Crippen molar-refractivity contribution >= 4 is 34.6 Å². The Morgan fingerprint density at radius 2 is 2.00 bits per heavy atom. The predicted molar refractivity (Wildman–Crippen MR) is 101 cm³/mol. The lowest BCUT2D eigenvalue weighted by Crippen LogP contribution is -2.41. The molecular formula is C19H24ClN3O3. The molecule has 0 unspecified atom stereocenters. The molecule has 0 saturated carbocycles. The molecule has 140 valence electrons. The van der Waals surface area contributed by atoms with E-state index in [1.807, 2.05) is 12.1 Å². The number of carbonyl (C=O) groups is 1. The fourth-order valence-electron chi connectivity index (χ4n) is 3.74. The number of aromatic nitrogens is 1. The molecule has 0 spiro atoms. The van der Waals surface area contributed by atoms with Crippen molar-refractivity contribution in [2.24, 2.45) is 5.92 Å². The molecule has 2 aliphatic rings. The van der Waals surface area contributed by atoms with Crippen molar-refractivity contribution in [2.75, 3.05) is 31.2 Å². The lowest BCUT2D eigenvalue weighted by atomic mass is 9.93. The molecule has 0 radical (unpaired) electrons. The van der Waals surface area contributed by atoms with Gasteiger partial charge in [-0.25, -0.2) is 0 Å². The van der Waals surface area contributed by atoms with Crippen LogP contribution < -0.4 is 10.2 Å². The van der Waals surface area contributed by atoms with Crippen LogP contribution in [0.4, 0.5) is 6.01 Å². The summed E-state index contributed by atoms with van der Waals surface area (Å²) in [6.07, 6.45) is 4.40. The van der Waals surface area contributed by atoms with Gasteiger partial charge in [0.25, 0.3) is 6.01 Å². The van der Waals surface area contributed by atoms with E-state index in [0.717, 1.165) is 57.5 Å². The number of hydrogen-bond acceptors (Lipinski definition) is 5. The average molecular weight is 378 g/mol. The third-order valence-electron chi connectivity index (χ3n) is 5.28. The normalized spacial score (nSPS) is 19.8. The molecule has 1 N–H and O–H groups in total. The van der Waals surface area contributed by atoms with Gasteiger partial charge in [0.2, 0.25) is 5.91 Å². The maximum absolute atomic E-state index is 12.3. The zero-order valence-corrected chi connectivity index (χ0v) is 15.5. The summed E-state index contributed by atoms with van der Waals surface area (Å²) in [5.41, 5.74) is 1.54. The number of nitrogens with zero attached hydrogens (tertiary/aromatic N) is 2. The van der Waals surface area contributed by atoms with E-state index >= 15 is 0 Å². The van der Waals surface area contributed by atoms with Gasteiger partial charge >= 0.3 is 0 Å². The molecule has 1 aromatic heterocycles. The number of hydrogen-bond donors (Lipinski definition) is 1. The van der Waals surface area contributed by atoms with Gasteiger partial charge in [-0.3, -0.25) is 4.79 Å². The first-order chi connectivity index (χ1) is 12.7. The van der Waals surface area contributed by atoms with Crippen LogP contribution in [-0.2, 0) is 9.53 Å². The van der Waals surface area contributed by atoms with Crippen LogP contribution in [0.15, 0.2) is 22.6 Å². The second kappa shape index (κ2) is 7.84. The summed E-state index contributed by atoms with van der Waals surface area (Å²) in [7, 11) is 0. The number of rotatable bonds is 4. The summed E-state index contributed by atoms with van der Waals surface area (Å²) in [6.45, 7) is 3.21. The van der Waals surface area contributed by atoms with E-state index in [1.54, 1.807) is 6.07 Å². The highest BCUT2D eigenvalue weighted by atomic mass is 35.5. The molecule has 0 aliphatic carbocycles. The summed E-state index contributed by atoms with van der Waals surface area (Å²) < 4.78 is 11.2. The minimum Gasteiger partial charge on any atom is -0.423 e. The van der Waals surface area contributed by atoms with Crippen LogP contribution in [0, 0.1) is 5.92 Å². The van der Waals surface area contributed by atoms with Crippen LogP contribution in [0.1, 0.15) is 32.1 Å². The van der Waals surface area contributed by atoms with Gasteiger partial charge in [-0.1, -0.05) is 11.6 Å². The number of nitrogens with one attached hydrogen (secondary N) is 1. The monoisotopic (exact) mass is 377 g/mol. The first kappa shape index (κ1) is 17.6. The molecule has 2 aliphatic heterocycles. The van der Waals surface area contributed by atoms with Gasteiger partial charge in [0.05, 0.1) is 0 Å². The van der Waals surface area contributed by atoms with Crippen LogP contribution >= 0.6 is 11.6 Å². The zero-order chi connectivity index (χ0) is 17.9. The van der Waals surface area contributed by atoms with E-state index in [1.165, 1.54) is 0 Å². The van der Waals surface area contributed by atoms with Crippen LogP contribution in [0.2, 0.25) is 5.02 Å². The Morgan fingerprint density at radius 1 is 1.23 bits per heavy atom.